The molecule has 0 saturated carbocycles. The maximum Gasteiger partial charge on any atom is 0.337 e. The molecule has 1 fully saturated rings. The Labute approximate surface area is 193 Å². The van der Waals surface area contributed by atoms with E-state index in [1.807, 2.05) is 0 Å². The minimum Gasteiger partial charge on any atom is -0.465 e. The summed E-state index contributed by atoms with van der Waals surface area (Å²) < 4.78 is 32.2. The highest BCUT2D eigenvalue weighted by Crippen LogP contribution is 2.26. The van der Waals surface area contributed by atoms with E-state index in [-0.39, 0.29) is 11.5 Å². The predicted molar refractivity (Wildman–Crippen MR) is 124 cm³/mol. The summed E-state index contributed by atoms with van der Waals surface area (Å²) in [6, 6.07) is 11.3. The number of rotatable bonds is 8. The number of amides is 1. The van der Waals surface area contributed by atoms with E-state index < -0.39 is 21.9 Å². The number of piperidine rings is 1. The lowest BCUT2D eigenvalue weighted by Gasteiger charge is -2.26. The Morgan fingerprint density at radius 3 is 2.45 bits per heavy atom. The van der Waals surface area contributed by atoms with Gasteiger partial charge in [0.1, 0.15) is 0 Å². The van der Waals surface area contributed by atoms with Crippen LogP contribution in [0.1, 0.15) is 40.7 Å². The normalized spacial score (nSPS) is 14.7. The summed E-state index contributed by atoms with van der Waals surface area (Å²) in [6.45, 7) is 2.40. The van der Waals surface area contributed by atoms with Gasteiger partial charge in [-0.05, 0) is 55.2 Å². The quantitative estimate of drug-likeness (QED) is 0.358. The second kappa shape index (κ2) is 11.1. The summed E-state index contributed by atoms with van der Waals surface area (Å²) in [5.41, 5.74) is 2.08. The third-order valence-corrected chi connectivity index (χ3v) is 7.25. The maximum atomic E-state index is 13.0. The van der Waals surface area contributed by atoms with Gasteiger partial charge in [-0.1, -0.05) is 29.8 Å². The van der Waals surface area contributed by atoms with Gasteiger partial charge in [0.25, 0.3) is 5.91 Å². The van der Waals surface area contributed by atoms with Crippen LogP contribution in [0.5, 0.6) is 0 Å². The first-order chi connectivity index (χ1) is 15.8. The molecule has 9 nitrogen and oxygen atoms in total. The highest BCUT2D eigenvalue weighted by Gasteiger charge is 2.27. The maximum absolute atomic E-state index is 13.0. The molecule has 0 radical (unpaired) electrons. The summed E-state index contributed by atoms with van der Waals surface area (Å²) >= 11 is 0. The smallest absolute Gasteiger partial charge is 0.337 e. The van der Waals surface area contributed by atoms with Crippen LogP contribution in [0.4, 0.5) is 5.69 Å². The first kappa shape index (κ1) is 24.4. The Morgan fingerprint density at radius 1 is 1.09 bits per heavy atom. The third-order valence-electron chi connectivity index (χ3n) is 5.21. The van der Waals surface area contributed by atoms with Gasteiger partial charge in [-0.15, -0.1) is 0 Å². The lowest BCUT2D eigenvalue weighted by atomic mass is 10.1. The number of benzene rings is 2. The summed E-state index contributed by atoms with van der Waals surface area (Å²) in [4.78, 5) is 28.8. The number of nitrogens with zero attached hydrogens (tertiary/aromatic N) is 2. The molecule has 33 heavy (non-hydrogen) atoms. The molecule has 3 rings (SSSR count). The minimum absolute atomic E-state index is 0.191. The molecular formula is C23H27N3O6S. The Balaban J connectivity index is 1.56. The number of oxime groups is 1. The number of sulfonamides is 1. The number of hydrogen-bond acceptors (Lipinski definition) is 7. The van der Waals surface area contributed by atoms with Crippen LogP contribution in [0.2, 0.25) is 0 Å². The zero-order chi connectivity index (χ0) is 23.8. The van der Waals surface area contributed by atoms with Crippen molar-refractivity contribution in [2.45, 2.75) is 31.1 Å². The topological polar surface area (TPSA) is 114 Å². The molecule has 10 heteroatoms. The number of esters is 1. The predicted octanol–water partition coefficient (Wildman–Crippen LogP) is 2.95. The number of carbonyl (C=O) groups is 2. The summed E-state index contributed by atoms with van der Waals surface area (Å²) in [6.07, 6.45) is 4.13. The lowest BCUT2D eigenvalue weighted by Crippen LogP contribution is -2.36. The highest BCUT2D eigenvalue weighted by atomic mass is 32.2. The van der Waals surface area contributed by atoms with Crippen molar-refractivity contribution in [3.8, 4) is 0 Å². The summed E-state index contributed by atoms with van der Waals surface area (Å²) in [5.74, 6) is -0.909. The summed E-state index contributed by atoms with van der Waals surface area (Å²) in [7, 11) is -2.31. The zero-order valence-electron chi connectivity index (χ0n) is 18.6. The third kappa shape index (κ3) is 6.39. The van der Waals surface area contributed by atoms with Gasteiger partial charge >= 0.3 is 5.97 Å². The number of carbonyl (C=O) groups excluding carboxylic acids is 2. The molecular weight excluding hydrogens is 446 g/mol. The molecule has 1 N–H and O–H groups in total. The molecule has 0 atom stereocenters. The SMILES string of the molecule is COC(=O)c1ccc(/C=N/OCC(=O)Nc2ccc(C)c(S(=O)(=O)N3CCCCC3)c2)cc1. The van der Waals surface area contributed by atoms with E-state index in [1.165, 1.54) is 23.7 Å². The fourth-order valence-electron chi connectivity index (χ4n) is 3.41. The first-order valence-electron chi connectivity index (χ1n) is 10.6. The van der Waals surface area contributed by atoms with Crippen molar-refractivity contribution < 1.29 is 27.6 Å². The number of aryl methyl sites for hydroxylation is 1. The first-order valence-corrected chi connectivity index (χ1v) is 12.0. The van der Waals surface area contributed by atoms with Crippen LogP contribution in [0.25, 0.3) is 0 Å². The van der Waals surface area contributed by atoms with Crippen LogP contribution in [0.3, 0.4) is 0 Å². The molecule has 176 valence electrons. The lowest BCUT2D eigenvalue weighted by molar-refractivity contribution is -0.120. The van der Waals surface area contributed by atoms with Crippen LogP contribution in [0.15, 0.2) is 52.5 Å². The molecule has 1 amide bonds. The zero-order valence-corrected chi connectivity index (χ0v) is 19.4. The van der Waals surface area contributed by atoms with E-state index in [1.54, 1.807) is 43.3 Å². The van der Waals surface area contributed by atoms with Crippen LogP contribution in [-0.4, -0.2) is 57.6 Å². The Hall–Kier alpha value is -3.24. The van der Waals surface area contributed by atoms with E-state index in [4.69, 9.17) is 4.84 Å². The van der Waals surface area contributed by atoms with Crippen molar-refractivity contribution >= 4 is 33.8 Å². The fourth-order valence-corrected chi connectivity index (χ4v) is 5.18. The molecule has 0 spiro atoms. The van der Waals surface area contributed by atoms with Crippen molar-refractivity contribution in [1.29, 1.82) is 0 Å². The Bertz CT molecular complexity index is 1120. The minimum atomic E-state index is -3.61. The Kier molecular flexibility index (Phi) is 8.18. The van der Waals surface area contributed by atoms with Gasteiger partial charge in [-0.3, -0.25) is 4.79 Å². The fraction of sp³-hybridized carbons (Fsp3) is 0.348. The molecule has 0 unspecified atom stereocenters. The average Bonchev–Trinajstić information content (AvgIpc) is 2.83. The van der Waals surface area contributed by atoms with E-state index in [9.17, 15) is 18.0 Å². The van der Waals surface area contributed by atoms with Gasteiger partial charge < -0.3 is 14.9 Å². The average molecular weight is 474 g/mol. The van der Waals surface area contributed by atoms with Gasteiger partial charge in [0.2, 0.25) is 10.0 Å². The van der Waals surface area contributed by atoms with Gasteiger partial charge in [0.05, 0.1) is 23.8 Å². The van der Waals surface area contributed by atoms with E-state index in [2.05, 4.69) is 15.2 Å². The molecule has 1 aliphatic rings. The number of nitrogens with one attached hydrogen (secondary N) is 1. The highest BCUT2D eigenvalue weighted by molar-refractivity contribution is 7.89. The molecule has 1 saturated heterocycles. The molecule has 0 aromatic heterocycles. The van der Waals surface area contributed by atoms with Crippen molar-refractivity contribution in [2.24, 2.45) is 5.16 Å². The second-order valence-electron chi connectivity index (χ2n) is 7.61. The molecule has 1 heterocycles. The van der Waals surface area contributed by atoms with Gasteiger partial charge in [-0.2, -0.15) is 4.31 Å². The van der Waals surface area contributed by atoms with Gasteiger partial charge in [0, 0.05) is 18.8 Å². The Morgan fingerprint density at radius 2 is 1.79 bits per heavy atom. The number of anilines is 1. The van der Waals surface area contributed by atoms with Crippen LogP contribution in [-0.2, 0) is 24.4 Å². The van der Waals surface area contributed by atoms with Gasteiger partial charge in [-0.25, -0.2) is 13.2 Å². The molecule has 0 aliphatic carbocycles. The van der Waals surface area contributed by atoms with Crippen molar-refractivity contribution in [2.75, 3.05) is 32.1 Å². The summed E-state index contributed by atoms with van der Waals surface area (Å²) in [5, 5.41) is 6.38. The van der Waals surface area contributed by atoms with Crippen LogP contribution in [0, 0.1) is 6.92 Å². The van der Waals surface area contributed by atoms with Crippen molar-refractivity contribution in [3.05, 3.63) is 59.2 Å². The van der Waals surface area contributed by atoms with Gasteiger partial charge in [0.15, 0.2) is 6.61 Å². The van der Waals surface area contributed by atoms with E-state index >= 15 is 0 Å². The van der Waals surface area contributed by atoms with E-state index in [0.717, 1.165) is 19.3 Å². The monoisotopic (exact) mass is 473 g/mol. The molecule has 2 aromatic carbocycles. The largest absolute Gasteiger partial charge is 0.465 e. The molecule has 0 bridgehead atoms. The number of ether oxygens (including phenoxy) is 1. The molecule has 1 aliphatic heterocycles. The van der Waals surface area contributed by atoms with Crippen LogP contribution < -0.4 is 5.32 Å². The van der Waals surface area contributed by atoms with Crippen molar-refractivity contribution in [1.82, 2.24) is 4.31 Å². The second-order valence-corrected chi connectivity index (χ2v) is 9.52. The molecule has 2 aromatic rings. The van der Waals surface area contributed by atoms with E-state index in [0.29, 0.717) is 35.5 Å². The standard InChI is InChI=1S/C23H27N3O6S/c1-17-6-11-20(14-21(17)33(29,30)26-12-4-3-5-13-26)25-22(27)16-32-24-15-18-7-9-19(10-8-18)23(28)31-2/h6-11,14-15H,3-5,12-13,16H2,1-2H3,(H,25,27)/b24-15+. The van der Waals surface area contributed by atoms with Crippen molar-refractivity contribution in [3.63, 3.8) is 0 Å². The number of methoxy groups -OCH3 is 1. The number of hydrogen-bond donors (Lipinski definition) is 1. The van der Waals surface area contributed by atoms with Crippen LogP contribution >= 0.6 is 0 Å².